The van der Waals surface area contributed by atoms with Crippen LogP contribution >= 0.6 is 0 Å². The van der Waals surface area contributed by atoms with E-state index >= 15 is 0 Å². The van der Waals surface area contributed by atoms with Gasteiger partial charge in [-0.15, -0.1) is 0 Å². The Labute approximate surface area is 73.4 Å². The molecule has 0 atom stereocenters. The third kappa shape index (κ3) is 2.84. The summed E-state index contributed by atoms with van der Waals surface area (Å²) in [6.45, 7) is 4.68. The van der Waals surface area contributed by atoms with Gasteiger partial charge < -0.3 is 0 Å². The van der Waals surface area contributed by atoms with Gasteiger partial charge in [-0.05, 0) is 18.3 Å². The van der Waals surface area contributed by atoms with Crippen molar-refractivity contribution in [3.05, 3.63) is 0 Å². The third-order valence-corrected chi connectivity index (χ3v) is 3.16. The molecular formula is C11H26. The zero-order chi connectivity index (χ0) is 6.74. The van der Waals surface area contributed by atoms with Crippen LogP contribution < -0.4 is 0 Å². The summed E-state index contributed by atoms with van der Waals surface area (Å²) in [6.07, 6.45) is 8.79. The summed E-state index contributed by atoms with van der Waals surface area (Å²) >= 11 is 0. The molecule has 0 bridgehead atoms. The minimum atomic E-state index is 0. The molecule has 0 unspecified atom stereocenters. The Bertz CT molecular complexity index is 72.0. The smallest absolute Gasteiger partial charge is 0.0303 e. The van der Waals surface area contributed by atoms with Crippen LogP contribution in [-0.4, -0.2) is 0 Å². The summed E-state index contributed by atoms with van der Waals surface area (Å²) in [6, 6.07) is 0. The molecule has 0 spiro atoms. The molecule has 1 aliphatic rings. The van der Waals surface area contributed by atoms with E-state index < -0.39 is 0 Å². The highest BCUT2D eigenvalue weighted by atomic mass is 14.3. The molecule has 1 fully saturated rings. The van der Waals surface area contributed by atoms with Gasteiger partial charge >= 0.3 is 0 Å². The largest absolute Gasteiger partial charge is 0.0776 e. The molecule has 1 saturated carbocycles. The van der Waals surface area contributed by atoms with Crippen molar-refractivity contribution in [1.29, 1.82) is 0 Å². The zero-order valence-electron chi connectivity index (χ0n) is 6.74. The van der Waals surface area contributed by atoms with Gasteiger partial charge in [-0.3, -0.25) is 0 Å². The normalized spacial score (nSPS) is 20.2. The van der Waals surface area contributed by atoms with Crippen LogP contribution in [0.3, 0.4) is 0 Å². The fraction of sp³-hybridized carbons (Fsp3) is 1.00. The molecule has 1 rings (SSSR count). The Morgan fingerprint density at radius 1 is 0.909 bits per heavy atom. The first-order valence-electron chi connectivity index (χ1n) is 4.33. The molecule has 11 heavy (non-hydrogen) atoms. The molecule has 0 aromatic rings. The lowest BCUT2D eigenvalue weighted by atomic mass is 9.81. The van der Waals surface area contributed by atoms with Crippen molar-refractivity contribution in [2.24, 2.45) is 5.41 Å². The predicted octanol–water partition coefficient (Wildman–Crippen LogP) is 4.64. The summed E-state index contributed by atoms with van der Waals surface area (Å²) in [7, 11) is 0. The van der Waals surface area contributed by atoms with E-state index in [2.05, 4.69) is 13.8 Å². The van der Waals surface area contributed by atoms with E-state index in [9.17, 15) is 0 Å². The van der Waals surface area contributed by atoms with Crippen molar-refractivity contribution in [2.45, 2.75) is 67.2 Å². The van der Waals surface area contributed by atoms with Gasteiger partial charge in [-0.25, -0.2) is 0 Å². The minimum Gasteiger partial charge on any atom is -0.0776 e. The molecule has 0 aromatic carbocycles. The number of hydrogen-bond acceptors (Lipinski definition) is 0. The highest BCUT2D eigenvalue weighted by Crippen LogP contribution is 2.43. The van der Waals surface area contributed by atoms with Crippen LogP contribution in [0.15, 0.2) is 0 Å². The van der Waals surface area contributed by atoms with Gasteiger partial charge in [0.1, 0.15) is 0 Å². The standard InChI is InChI=1S/C9H18.2CH4/c1-3-9(4-2)7-5-6-8-9;;/h3-8H2,1-2H3;2*1H4. The van der Waals surface area contributed by atoms with E-state index in [0.717, 1.165) is 5.41 Å². The first-order valence-corrected chi connectivity index (χ1v) is 4.33. The van der Waals surface area contributed by atoms with E-state index in [4.69, 9.17) is 0 Å². The van der Waals surface area contributed by atoms with Crippen LogP contribution in [-0.2, 0) is 0 Å². The maximum absolute atomic E-state index is 2.34. The molecule has 0 N–H and O–H groups in total. The lowest BCUT2D eigenvalue weighted by Crippen LogP contribution is -2.12. The highest BCUT2D eigenvalue weighted by Gasteiger charge is 2.29. The summed E-state index contributed by atoms with van der Waals surface area (Å²) < 4.78 is 0. The molecule has 0 aliphatic heterocycles. The molecule has 1 aliphatic carbocycles. The molecule has 0 amide bonds. The van der Waals surface area contributed by atoms with Gasteiger partial charge in [-0.2, -0.15) is 0 Å². The van der Waals surface area contributed by atoms with Gasteiger partial charge in [-0.1, -0.05) is 54.4 Å². The molecule has 0 heteroatoms. The van der Waals surface area contributed by atoms with Gasteiger partial charge in [0.25, 0.3) is 0 Å². The quantitative estimate of drug-likeness (QED) is 0.549. The summed E-state index contributed by atoms with van der Waals surface area (Å²) in [5, 5.41) is 0. The molecular weight excluding hydrogens is 132 g/mol. The zero-order valence-corrected chi connectivity index (χ0v) is 6.74. The first kappa shape index (κ1) is 13.6. The van der Waals surface area contributed by atoms with E-state index in [1.54, 1.807) is 0 Å². The van der Waals surface area contributed by atoms with E-state index in [1.807, 2.05) is 0 Å². The van der Waals surface area contributed by atoms with Crippen LogP contribution in [0.2, 0.25) is 0 Å². The summed E-state index contributed by atoms with van der Waals surface area (Å²) in [4.78, 5) is 0. The van der Waals surface area contributed by atoms with E-state index in [1.165, 1.54) is 38.5 Å². The van der Waals surface area contributed by atoms with Crippen molar-refractivity contribution >= 4 is 0 Å². The van der Waals surface area contributed by atoms with E-state index in [0.29, 0.717) is 0 Å². The van der Waals surface area contributed by atoms with Crippen LogP contribution in [0.1, 0.15) is 67.2 Å². The van der Waals surface area contributed by atoms with Gasteiger partial charge in [0, 0.05) is 0 Å². The van der Waals surface area contributed by atoms with Crippen molar-refractivity contribution < 1.29 is 0 Å². The van der Waals surface area contributed by atoms with Crippen molar-refractivity contribution in [1.82, 2.24) is 0 Å². The van der Waals surface area contributed by atoms with Crippen molar-refractivity contribution in [3.63, 3.8) is 0 Å². The van der Waals surface area contributed by atoms with Crippen LogP contribution in [0.5, 0.6) is 0 Å². The molecule has 0 heterocycles. The molecule has 0 nitrogen and oxygen atoms in total. The van der Waals surface area contributed by atoms with Crippen molar-refractivity contribution in [2.75, 3.05) is 0 Å². The summed E-state index contributed by atoms with van der Waals surface area (Å²) in [5.41, 5.74) is 0.778. The molecule has 0 saturated heterocycles. The second-order valence-corrected chi connectivity index (χ2v) is 3.41. The lowest BCUT2D eigenvalue weighted by Gasteiger charge is -2.24. The van der Waals surface area contributed by atoms with Crippen LogP contribution in [0.25, 0.3) is 0 Å². The van der Waals surface area contributed by atoms with Gasteiger partial charge in [0.15, 0.2) is 0 Å². The average Bonchev–Trinajstić information content (AvgIpc) is 2.36. The first-order chi connectivity index (χ1) is 4.33. The topological polar surface area (TPSA) is 0 Å². The average molecular weight is 158 g/mol. The Balaban J connectivity index is 0. The summed E-state index contributed by atoms with van der Waals surface area (Å²) in [5.74, 6) is 0. The minimum absolute atomic E-state index is 0. The maximum atomic E-state index is 2.34. The second kappa shape index (κ2) is 5.62. The number of hydrogen-bond donors (Lipinski definition) is 0. The van der Waals surface area contributed by atoms with Crippen LogP contribution in [0, 0.1) is 5.41 Å². The molecule has 0 aromatic heterocycles. The predicted molar refractivity (Wildman–Crippen MR) is 54.9 cm³/mol. The highest BCUT2D eigenvalue weighted by molar-refractivity contribution is 4.81. The SMILES string of the molecule is C.C.CCC1(CC)CCCC1. The third-order valence-electron chi connectivity index (χ3n) is 3.16. The second-order valence-electron chi connectivity index (χ2n) is 3.41. The van der Waals surface area contributed by atoms with Gasteiger partial charge in [0.05, 0.1) is 0 Å². The molecule has 70 valence electrons. The fourth-order valence-corrected chi connectivity index (χ4v) is 2.08. The monoisotopic (exact) mass is 158 g/mol. The maximum Gasteiger partial charge on any atom is -0.0303 e. The Hall–Kier alpha value is 0. The fourth-order valence-electron chi connectivity index (χ4n) is 2.08. The Kier molecular flexibility index (Phi) is 6.94. The Morgan fingerprint density at radius 2 is 1.27 bits per heavy atom. The van der Waals surface area contributed by atoms with Crippen molar-refractivity contribution in [3.8, 4) is 0 Å². The number of rotatable bonds is 2. The van der Waals surface area contributed by atoms with Gasteiger partial charge in [0.2, 0.25) is 0 Å². The lowest BCUT2D eigenvalue weighted by molar-refractivity contribution is 0.273. The van der Waals surface area contributed by atoms with Crippen LogP contribution in [0.4, 0.5) is 0 Å². The Morgan fingerprint density at radius 3 is 1.45 bits per heavy atom. The van der Waals surface area contributed by atoms with E-state index in [-0.39, 0.29) is 14.9 Å². The molecule has 0 radical (unpaired) electrons.